The molecule has 1 unspecified atom stereocenters. The maximum Gasteiger partial charge on any atom is 0.496 e. The second-order valence-corrected chi connectivity index (χ2v) is 5.97. The third kappa shape index (κ3) is 2.76. The maximum atomic E-state index is 11.7. The van der Waals surface area contributed by atoms with Crippen molar-refractivity contribution in [2.24, 2.45) is 0 Å². The number of carbonyl (C=O) groups excluding carboxylic acids is 1. The zero-order valence-electron chi connectivity index (χ0n) is 11.1. The van der Waals surface area contributed by atoms with E-state index in [1.807, 2.05) is 32.2 Å². The fourth-order valence-corrected chi connectivity index (χ4v) is 3.05. The van der Waals surface area contributed by atoms with E-state index in [-0.39, 0.29) is 17.7 Å². The smallest absolute Gasteiger partial charge is 0.465 e. The molecule has 1 aliphatic heterocycles. The molecule has 0 N–H and O–H groups in total. The summed E-state index contributed by atoms with van der Waals surface area (Å²) < 4.78 is 16.4. The molecule has 0 spiro atoms. The van der Waals surface area contributed by atoms with Gasteiger partial charge < -0.3 is 14.0 Å². The number of ether oxygens (including phenoxy) is 1. The molecule has 1 fully saturated rings. The topological polar surface area (TPSA) is 44.8 Å². The molecule has 2 rings (SSSR count). The Kier molecular flexibility index (Phi) is 3.80. The van der Waals surface area contributed by atoms with Crippen LogP contribution in [0.25, 0.3) is 0 Å². The van der Waals surface area contributed by atoms with Crippen molar-refractivity contribution in [3.05, 3.63) is 16.3 Å². The molecule has 1 saturated heterocycles. The lowest BCUT2D eigenvalue weighted by Crippen LogP contribution is -2.52. The Labute approximate surface area is 111 Å². The predicted molar refractivity (Wildman–Crippen MR) is 71.4 cm³/mol. The monoisotopic (exact) mass is 268 g/mol. The predicted octanol–water partition coefficient (Wildman–Crippen LogP) is 1.83. The van der Waals surface area contributed by atoms with E-state index in [0.29, 0.717) is 4.88 Å². The molecule has 1 atom stereocenters. The minimum Gasteiger partial charge on any atom is -0.465 e. The summed E-state index contributed by atoms with van der Waals surface area (Å²) in [5.74, 6) is -0.344. The quantitative estimate of drug-likeness (QED) is 0.606. The Hall–Kier alpha value is -0.845. The van der Waals surface area contributed by atoms with Gasteiger partial charge in [0.25, 0.3) is 0 Å². The van der Waals surface area contributed by atoms with Crippen LogP contribution in [0.4, 0.5) is 0 Å². The highest BCUT2D eigenvalue weighted by Gasteiger charge is 2.40. The van der Waals surface area contributed by atoms with E-state index in [1.54, 1.807) is 0 Å². The molecule has 1 aromatic rings. The molecule has 2 heterocycles. The van der Waals surface area contributed by atoms with Crippen LogP contribution in [0.3, 0.4) is 0 Å². The molecule has 18 heavy (non-hydrogen) atoms. The van der Waals surface area contributed by atoms with E-state index in [1.165, 1.54) is 18.4 Å². The van der Waals surface area contributed by atoms with E-state index in [2.05, 4.69) is 0 Å². The van der Waals surface area contributed by atoms with Crippen molar-refractivity contribution >= 4 is 29.9 Å². The highest BCUT2D eigenvalue weighted by Crippen LogP contribution is 2.26. The van der Waals surface area contributed by atoms with Gasteiger partial charge in [-0.3, -0.25) is 0 Å². The molecule has 4 nitrogen and oxygen atoms in total. The SMILES string of the molecule is COC(=O)c1sccc1B1OC(C)CC(C)(C)O1. The van der Waals surface area contributed by atoms with Crippen LogP contribution in [-0.2, 0) is 14.0 Å². The first-order valence-electron chi connectivity index (χ1n) is 5.92. The maximum absolute atomic E-state index is 11.7. The highest BCUT2D eigenvalue weighted by molar-refractivity contribution is 7.13. The summed E-state index contributed by atoms with van der Waals surface area (Å²) in [6.45, 7) is 6.08. The van der Waals surface area contributed by atoms with E-state index < -0.39 is 7.12 Å². The summed E-state index contributed by atoms with van der Waals surface area (Å²) >= 11 is 1.34. The number of thiophene rings is 1. The van der Waals surface area contributed by atoms with Gasteiger partial charge in [0.15, 0.2) is 0 Å². The van der Waals surface area contributed by atoms with Crippen molar-refractivity contribution in [2.75, 3.05) is 7.11 Å². The average molecular weight is 268 g/mol. The molecule has 1 aromatic heterocycles. The van der Waals surface area contributed by atoms with Gasteiger partial charge in [0.2, 0.25) is 0 Å². The molecule has 0 saturated carbocycles. The average Bonchev–Trinajstić information content (AvgIpc) is 2.74. The second-order valence-electron chi connectivity index (χ2n) is 5.06. The Balaban J connectivity index is 2.26. The molecule has 1 aliphatic rings. The van der Waals surface area contributed by atoms with Gasteiger partial charge in [-0.05, 0) is 32.6 Å². The lowest BCUT2D eigenvalue weighted by molar-refractivity contribution is -0.0230. The molecule has 0 aliphatic carbocycles. The van der Waals surface area contributed by atoms with Crippen molar-refractivity contribution in [1.82, 2.24) is 0 Å². The molecule has 0 aromatic carbocycles. The van der Waals surface area contributed by atoms with Gasteiger partial charge in [0.1, 0.15) is 4.88 Å². The molecule has 6 heteroatoms. The summed E-state index contributed by atoms with van der Waals surface area (Å²) in [5.41, 5.74) is 0.504. The summed E-state index contributed by atoms with van der Waals surface area (Å²) in [5, 5.41) is 1.85. The Morgan fingerprint density at radius 2 is 2.33 bits per heavy atom. The third-order valence-corrected chi connectivity index (χ3v) is 3.79. The van der Waals surface area contributed by atoms with Crippen LogP contribution in [0.15, 0.2) is 11.4 Å². The second kappa shape index (κ2) is 5.03. The third-order valence-electron chi connectivity index (χ3n) is 2.88. The van der Waals surface area contributed by atoms with E-state index in [9.17, 15) is 4.79 Å². The zero-order chi connectivity index (χ0) is 13.3. The van der Waals surface area contributed by atoms with Crippen molar-refractivity contribution in [3.8, 4) is 0 Å². The van der Waals surface area contributed by atoms with Crippen LogP contribution < -0.4 is 5.46 Å². The van der Waals surface area contributed by atoms with Crippen molar-refractivity contribution in [1.29, 1.82) is 0 Å². The van der Waals surface area contributed by atoms with E-state index >= 15 is 0 Å². The number of rotatable bonds is 2. The minimum absolute atomic E-state index is 0.101. The molecule has 0 radical (unpaired) electrons. The normalized spacial score (nSPS) is 22.9. The first kappa shape index (κ1) is 13.6. The standard InChI is InChI=1S/C12H17BO4S/c1-8-7-12(2,3)17-13(16-8)9-5-6-18-10(9)11(14)15-4/h5-6,8H,7H2,1-4H3. The summed E-state index contributed by atoms with van der Waals surface area (Å²) in [7, 11) is 0.880. The van der Waals surface area contributed by atoms with Gasteiger partial charge in [-0.2, -0.15) is 0 Å². The summed E-state index contributed by atoms with van der Waals surface area (Å²) in [4.78, 5) is 12.2. The Bertz CT molecular complexity index is 443. The van der Waals surface area contributed by atoms with Gasteiger partial charge in [0.05, 0.1) is 12.7 Å². The van der Waals surface area contributed by atoms with Crippen LogP contribution in [0.1, 0.15) is 36.9 Å². The molecular formula is C12H17BO4S. The first-order valence-corrected chi connectivity index (χ1v) is 6.80. The van der Waals surface area contributed by atoms with Crippen LogP contribution >= 0.6 is 11.3 Å². The van der Waals surface area contributed by atoms with Crippen LogP contribution in [0.2, 0.25) is 0 Å². The lowest BCUT2D eigenvalue weighted by atomic mass is 9.75. The largest absolute Gasteiger partial charge is 0.496 e. The number of hydrogen-bond acceptors (Lipinski definition) is 5. The Morgan fingerprint density at radius 3 is 2.94 bits per heavy atom. The van der Waals surface area contributed by atoms with Gasteiger partial charge >= 0.3 is 13.1 Å². The summed E-state index contributed by atoms with van der Waals surface area (Å²) in [6.07, 6.45) is 0.936. The number of carbonyl (C=O) groups is 1. The van der Waals surface area contributed by atoms with Crippen molar-refractivity contribution < 1.29 is 18.8 Å². The van der Waals surface area contributed by atoms with Crippen LogP contribution in [-0.4, -0.2) is 31.9 Å². The van der Waals surface area contributed by atoms with Gasteiger partial charge in [-0.25, -0.2) is 4.79 Å². The number of methoxy groups -OCH3 is 1. The van der Waals surface area contributed by atoms with Crippen LogP contribution in [0.5, 0.6) is 0 Å². The fourth-order valence-electron chi connectivity index (χ4n) is 2.22. The summed E-state index contributed by atoms with van der Waals surface area (Å²) in [6, 6.07) is 1.86. The molecule has 0 bridgehead atoms. The van der Waals surface area contributed by atoms with Crippen molar-refractivity contribution in [2.45, 2.75) is 38.9 Å². The van der Waals surface area contributed by atoms with E-state index in [4.69, 9.17) is 14.0 Å². The first-order chi connectivity index (χ1) is 8.43. The van der Waals surface area contributed by atoms with Gasteiger partial charge in [-0.1, -0.05) is 6.07 Å². The highest BCUT2D eigenvalue weighted by atomic mass is 32.1. The van der Waals surface area contributed by atoms with Gasteiger partial charge in [-0.15, -0.1) is 11.3 Å². The number of esters is 1. The fraction of sp³-hybridized carbons (Fsp3) is 0.583. The molecule has 0 amide bonds. The minimum atomic E-state index is -0.496. The zero-order valence-corrected chi connectivity index (χ0v) is 11.9. The molecular weight excluding hydrogens is 251 g/mol. The van der Waals surface area contributed by atoms with Crippen LogP contribution in [0, 0.1) is 0 Å². The van der Waals surface area contributed by atoms with E-state index in [0.717, 1.165) is 11.9 Å². The van der Waals surface area contributed by atoms with Crippen molar-refractivity contribution in [3.63, 3.8) is 0 Å². The number of hydrogen-bond donors (Lipinski definition) is 0. The van der Waals surface area contributed by atoms with Gasteiger partial charge in [0, 0.05) is 11.6 Å². The lowest BCUT2D eigenvalue weighted by Gasteiger charge is -2.38. The Morgan fingerprint density at radius 1 is 1.61 bits per heavy atom. The molecule has 98 valence electrons.